The molecule has 150 valence electrons. The highest BCUT2D eigenvalue weighted by atomic mass is 32.2. The zero-order valence-electron chi connectivity index (χ0n) is 16.4. The van der Waals surface area contributed by atoms with Gasteiger partial charge >= 0.3 is 5.97 Å². The SMILES string of the molecule is CC1(C)Sc2ccccc2C(c2ccc(F)cc2)=C1C=CC1CC(O)CC(=O)O1. The number of benzene rings is 2. The molecule has 1 fully saturated rings. The van der Waals surface area contributed by atoms with Gasteiger partial charge in [0, 0.05) is 16.1 Å². The molecule has 0 radical (unpaired) electrons. The standard InChI is InChI=1S/C24H23FO3S/c1-24(2)20(12-11-18-13-17(26)14-22(27)28-18)23(15-7-9-16(25)10-8-15)19-5-3-4-6-21(19)29-24/h3-12,17-18,26H,13-14H2,1-2H3. The highest BCUT2D eigenvalue weighted by Crippen LogP contribution is 2.50. The summed E-state index contributed by atoms with van der Waals surface area (Å²) in [4.78, 5) is 12.9. The van der Waals surface area contributed by atoms with Gasteiger partial charge in [-0.1, -0.05) is 36.4 Å². The monoisotopic (exact) mass is 410 g/mol. The first-order chi connectivity index (χ1) is 13.8. The normalized spacial score (nSPS) is 23.8. The van der Waals surface area contributed by atoms with Gasteiger partial charge in [0.2, 0.25) is 0 Å². The number of hydrogen-bond donors (Lipinski definition) is 1. The van der Waals surface area contributed by atoms with Crippen molar-refractivity contribution in [1.82, 2.24) is 0 Å². The summed E-state index contributed by atoms with van der Waals surface area (Å²) < 4.78 is 18.7. The Morgan fingerprint density at radius 3 is 2.62 bits per heavy atom. The van der Waals surface area contributed by atoms with Gasteiger partial charge in [-0.05, 0) is 60.4 Å². The van der Waals surface area contributed by atoms with Gasteiger partial charge in [-0.3, -0.25) is 4.79 Å². The van der Waals surface area contributed by atoms with Crippen molar-refractivity contribution < 1.29 is 19.0 Å². The molecule has 2 aromatic rings. The molecule has 4 rings (SSSR count). The zero-order chi connectivity index (χ0) is 20.6. The van der Waals surface area contributed by atoms with E-state index in [1.165, 1.54) is 17.0 Å². The van der Waals surface area contributed by atoms with E-state index in [4.69, 9.17) is 4.74 Å². The number of aliphatic hydroxyl groups is 1. The molecule has 2 heterocycles. The molecule has 1 saturated heterocycles. The van der Waals surface area contributed by atoms with Gasteiger partial charge in [0.25, 0.3) is 0 Å². The molecule has 0 bridgehead atoms. The molecular weight excluding hydrogens is 387 g/mol. The number of allylic oxidation sites excluding steroid dienone is 1. The van der Waals surface area contributed by atoms with Crippen LogP contribution >= 0.6 is 11.8 Å². The molecule has 2 aliphatic heterocycles. The lowest BCUT2D eigenvalue weighted by Crippen LogP contribution is -2.31. The second-order valence-electron chi connectivity index (χ2n) is 7.89. The third-order valence-corrected chi connectivity index (χ3v) is 6.55. The van der Waals surface area contributed by atoms with Crippen molar-refractivity contribution in [3.05, 3.63) is 83.2 Å². The van der Waals surface area contributed by atoms with Gasteiger partial charge in [-0.2, -0.15) is 0 Å². The topological polar surface area (TPSA) is 46.5 Å². The number of esters is 1. The number of aliphatic hydroxyl groups excluding tert-OH is 1. The summed E-state index contributed by atoms with van der Waals surface area (Å²) in [5.74, 6) is -0.652. The smallest absolute Gasteiger partial charge is 0.309 e. The highest BCUT2D eigenvalue weighted by molar-refractivity contribution is 8.01. The Morgan fingerprint density at radius 2 is 1.90 bits per heavy atom. The quantitative estimate of drug-likeness (QED) is 0.712. The van der Waals surface area contributed by atoms with Crippen molar-refractivity contribution in [3.63, 3.8) is 0 Å². The zero-order valence-corrected chi connectivity index (χ0v) is 17.2. The minimum Gasteiger partial charge on any atom is -0.458 e. The lowest BCUT2D eigenvalue weighted by atomic mass is 9.86. The van der Waals surface area contributed by atoms with Crippen molar-refractivity contribution in [3.8, 4) is 0 Å². The molecule has 2 aromatic carbocycles. The number of halogens is 1. The van der Waals surface area contributed by atoms with Gasteiger partial charge in [0.05, 0.1) is 12.5 Å². The van der Waals surface area contributed by atoms with E-state index in [1.54, 1.807) is 23.9 Å². The Bertz CT molecular complexity index is 991. The van der Waals surface area contributed by atoms with Crippen LogP contribution in [0.15, 0.2) is 71.2 Å². The first-order valence-corrected chi connectivity index (χ1v) is 10.5. The highest BCUT2D eigenvalue weighted by Gasteiger charge is 2.34. The van der Waals surface area contributed by atoms with E-state index in [0.717, 1.165) is 22.3 Å². The number of rotatable bonds is 3. The number of thioether (sulfide) groups is 1. The molecule has 1 N–H and O–H groups in total. The van der Waals surface area contributed by atoms with Gasteiger partial charge < -0.3 is 9.84 Å². The Balaban J connectivity index is 1.83. The molecule has 0 saturated carbocycles. The molecular formula is C24H23FO3S. The first-order valence-electron chi connectivity index (χ1n) is 9.68. The minimum absolute atomic E-state index is 0.0442. The van der Waals surface area contributed by atoms with Crippen LogP contribution in [0.25, 0.3) is 5.57 Å². The van der Waals surface area contributed by atoms with Crippen LogP contribution in [-0.4, -0.2) is 28.0 Å². The van der Waals surface area contributed by atoms with Crippen LogP contribution in [0.2, 0.25) is 0 Å². The summed E-state index contributed by atoms with van der Waals surface area (Å²) >= 11 is 1.77. The van der Waals surface area contributed by atoms with Crippen molar-refractivity contribution in [1.29, 1.82) is 0 Å². The Morgan fingerprint density at radius 1 is 1.17 bits per heavy atom. The predicted molar refractivity (Wildman–Crippen MR) is 113 cm³/mol. The molecule has 2 unspecified atom stereocenters. The molecule has 0 amide bonds. The van der Waals surface area contributed by atoms with E-state index < -0.39 is 12.2 Å². The number of hydrogen-bond acceptors (Lipinski definition) is 4. The Labute approximate surface area is 174 Å². The average molecular weight is 411 g/mol. The van der Waals surface area contributed by atoms with E-state index in [-0.39, 0.29) is 23.0 Å². The maximum absolute atomic E-state index is 13.6. The van der Waals surface area contributed by atoms with Crippen LogP contribution in [0.5, 0.6) is 0 Å². The summed E-state index contributed by atoms with van der Waals surface area (Å²) in [6.07, 6.45) is 3.17. The van der Waals surface area contributed by atoms with E-state index in [0.29, 0.717) is 6.42 Å². The van der Waals surface area contributed by atoms with Crippen molar-refractivity contribution in [2.75, 3.05) is 0 Å². The van der Waals surface area contributed by atoms with E-state index in [2.05, 4.69) is 26.0 Å². The first kappa shape index (κ1) is 19.9. The van der Waals surface area contributed by atoms with E-state index in [1.807, 2.05) is 24.3 Å². The second kappa shape index (κ2) is 7.81. The Kier molecular flexibility index (Phi) is 5.36. The number of carbonyl (C=O) groups is 1. The number of fused-ring (bicyclic) bond motifs is 1. The van der Waals surface area contributed by atoms with E-state index >= 15 is 0 Å². The van der Waals surface area contributed by atoms with Crippen LogP contribution in [0, 0.1) is 5.82 Å². The van der Waals surface area contributed by atoms with Gasteiger partial charge in [0.1, 0.15) is 11.9 Å². The lowest BCUT2D eigenvalue weighted by Gasteiger charge is -2.35. The molecule has 3 nitrogen and oxygen atoms in total. The molecule has 0 aliphatic carbocycles. The summed E-state index contributed by atoms with van der Waals surface area (Å²) in [5.41, 5.74) is 4.16. The fourth-order valence-electron chi connectivity index (χ4n) is 3.88. The second-order valence-corrected chi connectivity index (χ2v) is 9.55. The van der Waals surface area contributed by atoms with Crippen LogP contribution in [0.3, 0.4) is 0 Å². The predicted octanol–water partition coefficient (Wildman–Crippen LogP) is 5.13. The third kappa shape index (κ3) is 4.16. The number of ether oxygens (including phenoxy) is 1. The molecule has 29 heavy (non-hydrogen) atoms. The van der Waals surface area contributed by atoms with Gasteiger partial charge in [0.15, 0.2) is 0 Å². The third-order valence-electron chi connectivity index (χ3n) is 5.24. The summed E-state index contributed by atoms with van der Waals surface area (Å²) in [5, 5.41) is 9.89. The molecule has 0 aromatic heterocycles. The fourth-order valence-corrected chi connectivity index (χ4v) is 5.14. The number of carbonyl (C=O) groups excluding carboxylic acids is 1. The van der Waals surface area contributed by atoms with Crippen molar-refractivity contribution in [2.24, 2.45) is 0 Å². The summed E-state index contributed by atoms with van der Waals surface area (Å²) in [7, 11) is 0. The maximum Gasteiger partial charge on any atom is 0.309 e. The fraction of sp³-hybridized carbons (Fsp3) is 0.292. The molecule has 2 aliphatic rings. The van der Waals surface area contributed by atoms with Crippen molar-refractivity contribution in [2.45, 2.75) is 48.5 Å². The largest absolute Gasteiger partial charge is 0.458 e. The minimum atomic E-state index is -0.675. The Hall–Kier alpha value is -2.37. The van der Waals surface area contributed by atoms with Crippen LogP contribution < -0.4 is 0 Å². The lowest BCUT2D eigenvalue weighted by molar-refractivity contribution is -0.156. The average Bonchev–Trinajstić information content (AvgIpc) is 2.65. The van der Waals surface area contributed by atoms with Crippen LogP contribution in [0.4, 0.5) is 4.39 Å². The van der Waals surface area contributed by atoms with E-state index in [9.17, 15) is 14.3 Å². The molecule has 2 atom stereocenters. The molecule has 0 spiro atoms. The summed E-state index contributed by atoms with van der Waals surface area (Å²) in [6, 6.07) is 14.7. The van der Waals surface area contributed by atoms with Gasteiger partial charge in [-0.15, -0.1) is 11.8 Å². The molecule has 5 heteroatoms. The van der Waals surface area contributed by atoms with Crippen LogP contribution in [0.1, 0.15) is 37.8 Å². The van der Waals surface area contributed by atoms with Gasteiger partial charge in [-0.25, -0.2) is 4.39 Å². The summed E-state index contributed by atoms with van der Waals surface area (Å²) in [6.45, 7) is 4.30. The van der Waals surface area contributed by atoms with Crippen LogP contribution in [-0.2, 0) is 9.53 Å². The van der Waals surface area contributed by atoms with Crippen molar-refractivity contribution >= 4 is 23.3 Å². The maximum atomic E-state index is 13.6. The number of cyclic esters (lactones) is 1.